The van der Waals surface area contributed by atoms with E-state index in [4.69, 9.17) is 19.7 Å². The number of nitrogens with two attached hydrogens (primary N) is 1. The first-order valence-corrected chi connectivity index (χ1v) is 6.40. The summed E-state index contributed by atoms with van der Waals surface area (Å²) in [6.45, 7) is 2.23. The van der Waals surface area contributed by atoms with E-state index in [9.17, 15) is 4.79 Å². The Morgan fingerprint density at radius 3 is 2.86 bits per heavy atom. The fourth-order valence-electron chi connectivity index (χ4n) is 1.98. The van der Waals surface area contributed by atoms with Crippen molar-refractivity contribution in [3.05, 3.63) is 29.4 Å². The van der Waals surface area contributed by atoms with Gasteiger partial charge in [-0.3, -0.25) is 4.79 Å². The molecule has 0 atom stereocenters. The van der Waals surface area contributed by atoms with Gasteiger partial charge in [-0.05, 0) is 6.07 Å². The highest BCUT2D eigenvalue weighted by Gasteiger charge is 2.19. The molecule has 2 heterocycles. The van der Waals surface area contributed by atoms with Gasteiger partial charge in [-0.15, -0.1) is 0 Å². The third kappa shape index (κ3) is 2.73. The minimum Gasteiger partial charge on any atom is -0.454 e. The molecule has 0 fully saturated rings. The number of ether oxygens (including phenoxy) is 2. The molecule has 3 N–H and O–H groups in total. The summed E-state index contributed by atoms with van der Waals surface area (Å²) in [5.41, 5.74) is 6.54. The number of amides is 1. The molecule has 3 rings (SSSR count). The molecule has 0 spiro atoms. The van der Waals surface area contributed by atoms with Gasteiger partial charge in [0, 0.05) is 31.6 Å². The summed E-state index contributed by atoms with van der Waals surface area (Å²) in [5, 5.41) is 6.50. The first-order valence-electron chi connectivity index (χ1n) is 6.40. The van der Waals surface area contributed by atoms with Crippen molar-refractivity contribution in [2.24, 2.45) is 0 Å². The van der Waals surface area contributed by atoms with E-state index in [2.05, 4.69) is 15.5 Å². The number of rotatable bonds is 4. The lowest BCUT2D eigenvalue weighted by Gasteiger charge is -2.07. The number of carbonyl (C=O) groups excluding carboxylic acids is 1. The Kier molecular flexibility index (Phi) is 3.35. The summed E-state index contributed by atoms with van der Waals surface area (Å²) in [5.74, 6) is 1.82. The Morgan fingerprint density at radius 1 is 1.38 bits per heavy atom. The second-order valence-corrected chi connectivity index (χ2v) is 4.53. The topological polar surface area (TPSA) is 113 Å². The summed E-state index contributed by atoms with van der Waals surface area (Å²) < 4.78 is 15.3. The number of fused-ring (bicyclic) bond motifs is 1. The zero-order valence-corrected chi connectivity index (χ0v) is 11.4. The van der Waals surface area contributed by atoms with Gasteiger partial charge >= 0.3 is 0 Å². The van der Waals surface area contributed by atoms with E-state index < -0.39 is 0 Å². The Hall–Kier alpha value is -2.77. The van der Waals surface area contributed by atoms with Gasteiger partial charge in [-0.1, -0.05) is 5.16 Å². The van der Waals surface area contributed by atoms with Gasteiger partial charge in [0.15, 0.2) is 17.3 Å². The molecule has 0 radical (unpaired) electrons. The van der Waals surface area contributed by atoms with Crippen LogP contribution in [0, 0.1) is 6.92 Å². The van der Waals surface area contributed by atoms with E-state index in [1.54, 1.807) is 19.1 Å². The van der Waals surface area contributed by atoms with E-state index in [0.717, 1.165) is 0 Å². The van der Waals surface area contributed by atoms with Crippen LogP contribution < -0.4 is 20.5 Å². The summed E-state index contributed by atoms with van der Waals surface area (Å²) in [7, 11) is 0. The molecule has 1 aromatic carbocycles. The van der Waals surface area contributed by atoms with Gasteiger partial charge in [-0.2, -0.15) is 4.98 Å². The highest BCUT2D eigenvalue weighted by molar-refractivity contribution is 6.00. The first kappa shape index (κ1) is 13.2. The standard InChI is InChI=1S/C13H14N4O4/c1-7-16-12(17-21-7)2-3-15-13(18)8-4-10-11(5-9(8)14)20-6-19-10/h4-5H,2-3,6,14H2,1H3,(H,15,18). The predicted molar refractivity (Wildman–Crippen MR) is 72.0 cm³/mol. The molecule has 0 aliphatic carbocycles. The number of anilines is 1. The van der Waals surface area contributed by atoms with Gasteiger partial charge < -0.3 is 25.0 Å². The zero-order valence-electron chi connectivity index (χ0n) is 11.4. The van der Waals surface area contributed by atoms with Gasteiger partial charge in [0.05, 0.1) is 5.56 Å². The van der Waals surface area contributed by atoms with Crippen LogP contribution in [0.4, 0.5) is 5.69 Å². The first-order chi connectivity index (χ1) is 10.1. The molecular formula is C13H14N4O4. The maximum absolute atomic E-state index is 12.1. The zero-order chi connectivity index (χ0) is 14.8. The minimum absolute atomic E-state index is 0.136. The minimum atomic E-state index is -0.286. The van der Waals surface area contributed by atoms with Crippen LogP contribution >= 0.6 is 0 Å². The molecule has 110 valence electrons. The van der Waals surface area contributed by atoms with Crippen molar-refractivity contribution < 1.29 is 18.8 Å². The lowest BCUT2D eigenvalue weighted by atomic mass is 10.1. The van der Waals surface area contributed by atoms with Crippen molar-refractivity contribution in [1.29, 1.82) is 0 Å². The van der Waals surface area contributed by atoms with Gasteiger partial charge in [0.25, 0.3) is 5.91 Å². The monoisotopic (exact) mass is 290 g/mol. The smallest absolute Gasteiger partial charge is 0.253 e. The van der Waals surface area contributed by atoms with Gasteiger partial charge in [-0.25, -0.2) is 0 Å². The normalized spacial score (nSPS) is 12.4. The van der Waals surface area contributed by atoms with Crippen molar-refractivity contribution in [1.82, 2.24) is 15.5 Å². The summed E-state index contributed by atoms with van der Waals surface area (Å²) >= 11 is 0. The lowest BCUT2D eigenvalue weighted by molar-refractivity contribution is 0.0954. The molecule has 21 heavy (non-hydrogen) atoms. The number of nitrogen functional groups attached to an aromatic ring is 1. The van der Waals surface area contributed by atoms with Crippen LogP contribution in [-0.2, 0) is 6.42 Å². The van der Waals surface area contributed by atoms with E-state index in [-0.39, 0.29) is 12.7 Å². The fraction of sp³-hybridized carbons (Fsp3) is 0.308. The number of nitrogens with one attached hydrogen (secondary N) is 1. The number of aryl methyl sites for hydroxylation is 1. The van der Waals surface area contributed by atoms with Crippen molar-refractivity contribution in [3.63, 3.8) is 0 Å². The highest BCUT2D eigenvalue weighted by Crippen LogP contribution is 2.35. The molecule has 0 unspecified atom stereocenters. The number of hydrogen-bond donors (Lipinski definition) is 2. The van der Waals surface area contributed by atoms with E-state index in [0.29, 0.717) is 47.4 Å². The van der Waals surface area contributed by atoms with Crippen LogP contribution in [0.25, 0.3) is 0 Å². The molecule has 0 bridgehead atoms. The van der Waals surface area contributed by atoms with Crippen molar-refractivity contribution >= 4 is 11.6 Å². The van der Waals surface area contributed by atoms with Crippen LogP contribution in [0.15, 0.2) is 16.7 Å². The highest BCUT2D eigenvalue weighted by atomic mass is 16.7. The second kappa shape index (κ2) is 5.31. The lowest BCUT2D eigenvalue weighted by Crippen LogP contribution is -2.26. The number of carbonyl (C=O) groups is 1. The van der Waals surface area contributed by atoms with E-state index in [1.165, 1.54) is 0 Å². The maximum Gasteiger partial charge on any atom is 0.253 e. The van der Waals surface area contributed by atoms with E-state index in [1.807, 2.05) is 0 Å². The van der Waals surface area contributed by atoms with Crippen LogP contribution in [0.2, 0.25) is 0 Å². The van der Waals surface area contributed by atoms with Crippen molar-refractivity contribution in [2.45, 2.75) is 13.3 Å². The maximum atomic E-state index is 12.1. The molecule has 0 saturated heterocycles. The SMILES string of the molecule is Cc1nc(CCNC(=O)c2cc3c(cc2N)OCO3)no1. The predicted octanol–water partition coefficient (Wildman–Crippen LogP) is 0.661. The average Bonchev–Trinajstić information content (AvgIpc) is 3.06. The molecule has 2 aromatic rings. The van der Waals surface area contributed by atoms with E-state index >= 15 is 0 Å². The van der Waals surface area contributed by atoms with Crippen LogP contribution in [-0.4, -0.2) is 29.4 Å². The number of aromatic nitrogens is 2. The number of benzene rings is 1. The molecule has 8 heteroatoms. The number of nitrogens with zero attached hydrogens (tertiary/aromatic N) is 2. The summed E-state index contributed by atoms with van der Waals surface area (Å²) in [6.07, 6.45) is 0.480. The quantitative estimate of drug-likeness (QED) is 0.795. The Morgan fingerprint density at radius 2 is 2.14 bits per heavy atom. The third-order valence-electron chi connectivity index (χ3n) is 2.99. The third-order valence-corrected chi connectivity index (χ3v) is 2.99. The van der Waals surface area contributed by atoms with Crippen LogP contribution in [0.1, 0.15) is 22.1 Å². The molecule has 8 nitrogen and oxygen atoms in total. The van der Waals surface area contributed by atoms with Crippen molar-refractivity contribution in [2.75, 3.05) is 19.1 Å². The number of hydrogen-bond acceptors (Lipinski definition) is 7. The Bertz CT molecular complexity index is 683. The largest absolute Gasteiger partial charge is 0.454 e. The fourth-order valence-corrected chi connectivity index (χ4v) is 1.98. The van der Waals surface area contributed by atoms with Gasteiger partial charge in [0.2, 0.25) is 12.7 Å². The second-order valence-electron chi connectivity index (χ2n) is 4.53. The summed E-state index contributed by atoms with van der Waals surface area (Å²) in [4.78, 5) is 16.2. The molecule has 1 aliphatic rings. The molecule has 1 amide bonds. The van der Waals surface area contributed by atoms with Crippen LogP contribution in [0.5, 0.6) is 11.5 Å². The van der Waals surface area contributed by atoms with Gasteiger partial charge in [0.1, 0.15) is 0 Å². The molecule has 1 aromatic heterocycles. The molecular weight excluding hydrogens is 276 g/mol. The average molecular weight is 290 g/mol. The molecule has 0 saturated carbocycles. The molecule has 1 aliphatic heterocycles. The summed E-state index contributed by atoms with van der Waals surface area (Å²) in [6, 6.07) is 3.16. The Balaban J connectivity index is 1.63. The van der Waals surface area contributed by atoms with Crippen LogP contribution in [0.3, 0.4) is 0 Å². The van der Waals surface area contributed by atoms with Crippen molar-refractivity contribution in [3.8, 4) is 11.5 Å². The Labute approximate surface area is 120 Å².